The molecule has 0 spiro atoms. The van der Waals surface area contributed by atoms with Crippen LogP contribution in [0.2, 0.25) is 0 Å². The van der Waals surface area contributed by atoms with Gasteiger partial charge in [0.05, 0.1) is 0 Å². The van der Waals surface area contributed by atoms with Gasteiger partial charge >= 0.3 is 0 Å². The monoisotopic (exact) mass is 274 g/mol. The number of rotatable bonds is 5. The Balaban J connectivity index is 1.91. The van der Waals surface area contributed by atoms with Gasteiger partial charge in [-0.25, -0.2) is 0 Å². The Labute approximate surface area is 122 Å². The van der Waals surface area contributed by atoms with E-state index in [0.29, 0.717) is 5.92 Å². The molecule has 0 aliphatic carbocycles. The number of carbonyl (C=O) groups is 1. The van der Waals surface area contributed by atoms with Gasteiger partial charge in [-0.3, -0.25) is 9.69 Å². The zero-order valence-electron chi connectivity index (χ0n) is 12.9. The molecule has 1 fully saturated rings. The van der Waals surface area contributed by atoms with Crippen LogP contribution in [-0.4, -0.2) is 29.9 Å². The summed E-state index contributed by atoms with van der Waals surface area (Å²) in [5, 5.41) is 3.04. The molecule has 110 valence electrons. The predicted molar refractivity (Wildman–Crippen MR) is 82.7 cm³/mol. The minimum Gasteiger partial charge on any atom is -0.349 e. The minimum atomic E-state index is 0.0268. The number of nitrogens with one attached hydrogen (secondary N) is 1. The number of likely N-dealkylation sites (tertiary alicyclic amines) is 1. The van der Waals surface area contributed by atoms with Gasteiger partial charge in [0.1, 0.15) is 0 Å². The van der Waals surface area contributed by atoms with Crippen LogP contribution < -0.4 is 5.32 Å². The normalized spacial score (nSPS) is 17.4. The molecule has 0 aromatic heterocycles. The molecule has 1 aliphatic rings. The van der Waals surface area contributed by atoms with Crippen molar-refractivity contribution in [1.29, 1.82) is 0 Å². The lowest BCUT2D eigenvalue weighted by molar-refractivity contribution is 0.0930. The molecule has 0 saturated carbocycles. The van der Waals surface area contributed by atoms with Crippen molar-refractivity contribution in [2.45, 2.75) is 46.2 Å². The quantitative estimate of drug-likeness (QED) is 0.895. The summed E-state index contributed by atoms with van der Waals surface area (Å²) in [6.45, 7) is 9.69. The number of hydrogen-bond acceptors (Lipinski definition) is 2. The summed E-state index contributed by atoms with van der Waals surface area (Å²) in [6, 6.07) is 8.23. The summed E-state index contributed by atoms with van der Waals surface area (Å²) in [5.41, 5.74) is 2.04. The predicted octanol–water partition coefficient (Wildman–Crippen LogP) is 3.06. The highest BCUT2D eigenvalue weighted by Gasteiger charge is 2.14. The summed E-state index contributed by atoms with van der Waals surface area (Å²) in [5.74, 6) is 0.479. The Morgan fingerprint density at radius 1 is 1.15 bits per heavy atom. The lowest BCUT2D eigenvalue weighted by Gasteiger charge is -2.18. The Bertz CT molecular complexity index is 433. The van der Waals surface area contributed by atoms with Gasteiger partial charge in [0.2, 0.25) is 0 Å². The van der Waals surface area contributed by atoms with Crippen LogP contribution >= 0.6 is 0 Å². The van der Waals surface area contributed by atoms with E-state index in [1.165, 1.54) is 31.5 Å². The van der Waals surface area contributed by atoms with Crippen molar-refractivity contribution in [3.8, 4) is 0 Å². The van der Waals surface area contributed by atoms with Crippen LogP contribution in [0.5, 0.6) is 0 Å². The first-order chi connectivity index (χ1) is 9.56. The lowest BCUT2D eigenvalue weighted by Crippen LogP contribution is -2.36. The van der Waals surface area contributed by atoms with Crippen LogP contribution in [0.4, 0.5) is 0 Å². The van der Waals surface area contributed by atoms with E-state index < -0.39 is 0 Å². The van der Waals surface area contributed by atoms with Crippen LogP contribution in [0.25, 0.3) is 0 Å². The van der Waals surface area contributed by atoms with E-state index in [1.54, 1.807) is 0 Å². The molecule has 3 nitrogen and oxygen atoms in total. The Kier molecular flexibility index (Phi) is 5.18. The molecule has 0 radical (unpaired) electrons. The van der Waals surface area contributed by atoms with Gasteiger partial charge in [-0.15, -0.1) is 0 Å². The number of benzene rings is 1. The topological polar surface area (TPSA) is 32.3 Å². The molecule has 3 heteroatoms. The van der Waals surface area contributed by atoms with Gasteiger partial charge in [0.15, 0.2) is 0 Å². The van der Waals surface area contributed by atoms with Gasteiger partial charge in [-0.05, 0) is 56.5 Å². The standard InChI is InChI=1S/C17H26N2O/c1-13(2)14(3)18-17(20)16-8-6-15(7-9-16)12-19-10-4-5-11-19/h6-9,13-14H,4-5,10-12H2,1-3H3,(H,18,20)/t14-/m1/s1. The lowest BCUT2D eigenvalue weighted by atomic mass is 10.1. The fourth-order valence-corrected chi connectivity index (χ4v) is 2.42. The molecule has 1 heterocycles. The van der Waals surface area contributed by atoms with Crippen LogP contribution in [-0.2, 0) is 6.54 Å². The molecular formula is C17H26N2O. The van der Waals surface area contributed by atoms with Crippen molar-refractivity contribution in [3.63, 3.8) is 0 Å². The summed E-state index contributed by atoms with van der Waals surface area (Å²) in [7, 11) is 0. The molecule has 20 heavy (non-hydrogen) atoms. The van der Waals surface area contributed by atoms with Crippen molar-refractivity contribution in [2.24, 2.45) is 5.92 Å². The third-order valence-electron chi connectivity index (χ3n) is 4.18. The fourth-order valence-electron chi connectivity index (χ4n) is 2.42. The zero-order chi connectivity index (χ0) is 14.5. The van der Waals surface area contributed by atoms with Crippen molar-refractivity contribution >= 4 is 5.91 Å². The Morgan fingerprint density at radius 2 is 1.75 bits per heavy atom. The van der Waals surface area contributed by atoms with Gasteiger partial charge in [-0.1, -0.05) is 26.0 Å². The Hall–Kier alpha value is -1.35. The summed E-state index contributed by atoms with van der Waals surface area (Å²) < 4.78 is 0. The second-order valence-corrected chi connectivity index (χ2v) is 6.19. The Morgan fingerprint density at radius 3 is 2.30 bits per heavy atom. The number of carbonyl (C=O) groups excluding carboxylic acids is 1. The average Bonchev–Trinajstić information content (AvgIpc) is 2.92. The molecular weight excluding hydrogens is 248 g/mol. The third kappa shape index (κ3) is 4.07. The average molecular weight is 274 g/mol. The van der Waals surface area contributed by atoms with Crippen LogP contribution in [0, 0.1) is 5.92 Å². The van der Waals surface area contributed by atoms with Crippen LogP contribution in [0.1, 0.15) is 49.5 Å². The second kappa shape index (κ2) is 6.89. The second-order valence-electron chi connectivity index (χ2n) is 6.19. The first-order valence-electron chi connectivity index (χ1n) is 7.68. The van der Waals surface area contributed by atoms with E-state index >= 15 is 0 Å². The number of amides is 1. The highest BCUT2D eigenvalue weighted by atomic mass is 16.1. The summed E-state index contributed by atoms with van der Waals surface area (Å²) in [4.78, 5) is 14.6. The van der Waals surface area contributed by atoms with Crippen molar-refractivity contribution in [1.82, 2.24) is 10.2 Å². The molecule has 1 aromatic carbocycles. The smallest absolute Gasteiger partial charge is 0.251 e. The van der Waals surface area contributed by atoms with Gasteiger partial charge in [-0.2, -0.15) is 0 Å². The molecule has 1 aliphatic heterocycles. The molecule has 1 saturated heterocycles. The molecule has 2 rings (SSSR count). The highest BCUT2D eigenvalue weighted by Crippen LogP contribution is 2.13. The van der Waals surface area contributed by atoms with Crippen molar-refractivity contribution < 1.29 is 4.79 Å². The third-order valence-corrected chi connectivity index (χ3v) is 4.18. The maximum atomic E-state index is 12.1. The van der Waals surface area contributed by atoms with Gasteiger partial charge in [0, 0.05) is 18.2 Å². The van der Waals surface area contributed by atoms with E-state index in [0.717, 1.165) is 12.1 Å². The molecule has 1 atom stereocenters. The van der Waals surface area contributed by atoms with Crippen LogP contribution in [0.3, 0.4) is 0 Å². The van der Waals surface area contributed by atoms with E-state index in [9.17, 15) is 4.79 Å². The van der Waals surface area contributed by atoms with Crippen LogP contribution in [0.15, 0.2) is 24.3 Å². The first-order valence-corrected chi connectivity index (χ1v) is 7.68. The van der Waals surface area contributed by atoms with E-state index in [2.05, 4.69) is 36.2 Å². The fraction of sp³-hybridized carbons (Fsp3) is 0.588. The SMILES string of the molecule is CC(C)[C@@H](C)NC(=O)c1ccc(CN2CCCC2)cc1. The van der Waals surface area contributed by atoms with Crippen molar-refractivity contribution in [3.05, 3.63) is 35.4 Å². The number of hydrogen-bond donors (Lipinski definition) is 1. The van der Waals surface area contributed by atoms with Crippen molar-refractivity contribution in [2.75, 3.05) is 13.1 Å². The maximum absolute atomic E-state index is 12.1. The van der Waals surface area contributed by atoms with E-state index in [-0.39, 0.29) is 11.9 Å². The highest BCUT2D eigenvalue weighted by molar-refractivity contribution is 5.94. The van der Waals surface area contributed by atoms with E-state index in [4.69, 9.17) is 0 Å². The number of nitrogens with zero attached hydrogens (tertiary/aromatic N) is 1. The molecule has 1 N–H and O–H groups in total. The van der Waals surface area contributed by atoms with E-state index in [1.807, 2.05) is 19.1 Å². The molecule has 1 amide bonds. The largest absolute Gasteiger partial charge is 0.349 e. The van der Waals surface area contributed by atoms with Gasteiger partial charge < -0.3 is 5.32 Å². The molecule has 0 unspecified atom stereocenters. The first kappa shape index (κ1) is 15.0. The maximum Gasteiger partial charge on any atom is 0.251 e. The summed E-state index contributed by atoms with van der Waals surface area (Å²) in [6.07, 6.45) is 2.63. The minimum absolute atomic E-state index is 0.0268. The summed E-state index contributed by atoms with van der Waals surface area (Å²) >= 11 is 0. The van der Waals surface area contributed by atoms with Gasteiger partial charge in [0.25, 0.3) is 5.91 Å². The zero-order valence-corrected chi connectivity index (χ0v) is 12.9. The molecule has 0 bridgehead atoms. The molecule has 1 aromatic rings.